The lowest BCUT2D eigenvalue weighted by atomic mass is 10.2. The Morgan fingerprint density at radius 1 is 1.33 bits per heavy atom. The number of thiophene rings is 1. The van der Waals surface area contributed by atoms with Gasteiger partial charge < -0.3 is 0 Å². The SMILES string of the molecule is CSCc1ccc2ccsc2c1. The van der Waals surface area contributed by atoms with Crippen molar-refractivity contribution in [1.82, 2.24) is 0 Å². The molecule has 1 heterocycles. The van der Waals surface area contributed by atoms with Crippen LogP contribution < -0.4 is 0 Å². The Hall–Kier alpha value is -0.470. The molecule has 0 amide bonds. The van der Waals surface area contributed by atoms with Crippen LogP contribution in [0.2, 0.25) is 0 Å². The zero-order chi connectivity index (χ0) is 8.39. The van der Waals surface area contributed by atoms with Crippen LogP contribution in [0.15, 0.2) is 29.6 Å². The molecule has 0 atom stereocenters. The molecule has 62 valence electrons. The fourth-order valence-corrected chi connectivity index (χ4v) is 2.62. The lowest BCUT2D eigenvalue weighted by Crippen LogP contribution is -1.76. The summed E-state index contributed by atoms with van der Waals surface area (Å²) in [7, 11) is 0. The highest BCUT2D eigenvalue weighted by Gasteiger charge is 1.95. The van der Waals surface area contributed by atoms with Crippen LogP contribution in [0, 0.1) is 0 Å². The summed E-state index contributed by atoms with van der Waals surface area (Å²) < 4.78 is 1.40. The minimum Gasteiger partial charge on any atom is -0.161 e. The van der Waals surface area contributed by atoms with Gasteiger partial charge in [0.1, 0.15) is 0 Å². The molecule has 12 heavy (non-hydrogen) atoms. The molecule has 2 heteroatoms. The van der Waals surface area contributed by atoms with Crippen molar-refractivity contribution in [2.45, 2.75) is 5.75 Å². The van der Waals surface area contributed by atoms with Gasteiger partial charge in [0, 0.05) is 10.5 Å². The van der Waals surface area contributed by atoms with Gasteiger partial charge in [-0.1, -0.05) is 12.1 Å². The van der Waals surface area contributed by atoms with Gasteiger partial charge in [-0.2, -0.15) is 11.8 Å². The number of rotatable bonds is 2. The molecule has 2 aromatic rings. The molecule has 0 aliphatic carbocycles. The van der Waals surface area contributed by atoms with E-state index < -0.39 is 0 Å². The molecular weight excluding hydrogens is 184 g/mol. The molecule has 0 fully saturated rings. The second-order valence-corrected chi connectivity index (χ2v) is 4.54. The van der Waals surface area contributed by atoms with E-state index in [-0.39, 0.29) is 0 Å². The van der Waals surface area contributed by atoms with Gasteiger partial charge in [-0.25, -0.2) is 0 Å². The molecule has 1 aromatic heterocycles. The van der Waals surface area contributed by atoms with E-state index in [2.05, 4.69) is 35.9 Å². The largest absolute Gasteiger partial charge is 0.161 e. The van der Waals surface area contributed by atoms with Gasteiger partial charge in [0.05, 0.1) is 0 Å². The topological polar surface area (TPSA) is 0 Å². The van der Waals surface area contributed by atoms with Gasteiger partial charge in [-0.15, -0.1) is 11.3 Å². The summed E-state index contributed by atoms with van der Waals surface area (Å²) >= 11 is 3.69. The number of hydrogen-bond acceptors (Lipinski definition) is 2. The molecule has 1 aromatic carbocycles. The molecule has 0 spiro atoms. The van der Waals surface area contributed by atoms with E-state index in [4.69, 9.17) is 0 Å². The molecule has 2 rings (SSSR count). The first kappa shape index (κ1) is 8.14. The average molecular weight is 194 g/mol. The molecule has 0 N–H and O–H groups in total. The number of fused-ring (bicyclic) bond motifs is 1. The maximum atomic E-state index is 2.29. The highest BCUT2D eigenvalue weighted by atomic mass is 32.2. The Bertz CT molecular complexity index is 376. The molecule has 0 bridgehead atoms. The molecular formula is C10H10S2. The molecule has 0 saturated carbocycles. The first-order chi connectivity index (χ1) is 5.90. The van der Waals surface area contributed by atoms with Crippen molar-refractivity contribution in [2.75, 3.05) is 6.26 Å². The third-order valence-electron chi connectivity index (χ3n) is 1.83. The van der Waals surface area contributed by atoms with Gasteiger partial charge in [0.15, 0.2) is 0 Å². The highest BCUT2D eigenvalue weighted by molar-refractivity contribution is 7.97. The Morgan fingerprint density at radius 2 is 2.25 bits per heavy atom. The second-order valence-electron chi connectivity index (χ2n) is 2.73. The van der Waals surface area contributed by atoms with Crippen molar-refractivity contribution in [3.63, 3.8) is 0 Å². The summed E-state index contributed by atoms with van der Waals surface area (Å²) in [6, 6.07) is 8.88. The Balaban J connectivity index is 2.46. The quantitative estimate of drug-likeness (QED) is 0.701. The van der Waals surface area contributed by atoms with Gasteiger partial charge >= 0.3 is 0 Å². The van der Waals surface area contributed by atoms with Crippen molar-refractivity contribution in [1.29, 1.82) is 0 Å². The van der Waals surface area contributed by atoms with Crippen LogP contribution in [0.25, 0.3) is 10.1 Å². The predicted octanol–water partition coefficient (Wildman–Crippen LogP) is 3.76. The van der Waals surface area contributed by atoms with Gasteiger partial charge in [-0.05, 0) is 34.7 Å². The summed E-state index contributed by atoms with van der Waals surface area (Å²) in [6.45, 7) is 0. The Labute approximate surface area is 80.6 Å². The standard InChI is InChI=1S/C10H10S2/c1-11-7-8-2-3-9-4-5-12-10(9)6-8/h2-6H,7H2,1H3. The van der Waals surface area contributed by atoms with Crippen LogP contribution in [-0.4, -0.2) is 6.26 Å². The van der Waals surface area contributed by atoms with Crippen LogP contribution in [0.4, 0.5) is 0 Å². The van der Waals surface area contributed by atoms with Crippen molar-refractivity contribution in [2.24, 2.45) is 0 Å². The normalized spacial score (nSPS) is 10.8. The summed E-state index contributed by atoms with van der Waals surface area (Å²) in [5, 5.41) is 3.51. The molecule has 0 aliphatic heterocycles. The van der Waals surface area contributed by atoms with Crippen molar-refractivity contribution < 1.29 is 0 Å². The van der Waals surface area contributed by atoms with Gasteiger partial charge in [0.25, 0.3) is 0 Å². The van der Waals surface area contributed by atoms with Crippen LogP contribution in [0.3, 0.4) is 0 Å². The Kier molecular flexibility index (Phi) is 2.38. The molecule has 0 nitrogen and oxygen atoms in total. The van der Waals surface area contributed by atoms with Crippen LogP contribution in [-0.2, 0) is 5.75 Å². The smallest absolute Gasteiger partial charge is 0.0345 e. The van der Waals surface area contributed by atoms with Crippen LogP contribution >= 0.6 is 23.1 Å². The molecule has 0 radical (unpaired) electrons. The maximum absolute atomic E-state index is 2.29. The summed E-state index contributed by atoms with van der Waals surface area (Å²) in [5.41, 5.74) is 1.43. The number of benzene rings is 1. The third kappa shape index (κ3) is 1.50. The fraction of sp³-hybridized carbons (Fsp3) is 0.200. The zero-order valence-electron chi connectivity index (χ0n) is 6.91. The van der Waals surface area contributed by atoms with Crippen LogP contribution in [0.5, 0.6) is 0 Å². The zero-order valence-corrected chi connectivity index (χ0v) is 8.54. The van der Waals surface area contributed by atoms with E-state index in [1.54, 1.807) is 0 Å². The summed E-state index contributed by atoms with van der Waals surface area (Å²) in [4.78, 5) is 0. The van der Waals surface area contributed by atoms with E-state index in [9.17, 15) is 0 Å². The predicted molar refractivity (Wildman–Crippen MR) is 59.0 cm³/mol. The second kappa shape index (κ2) is 3.50. The summed E-state index contributed by atoms with van der Waals surface area (Å²) in [6.07, 6.45) is 2.14. The third-order valence-corrected chi connectivity index (χ3v) is 3.33. The minimum absolute atomic E-state index is 1.12. The molecule has 0 unspecified atom stereocenters. The van der Waals surface area contributed by atoms with E-state index in [0.717, 1.165) is 5.75 Å². The molecule has 0 aliphatic rings. The van der Waals surface area contributed by atoms with E-state index in [1.165, 1.54) is 15.6 Å². The average Bonchev–Trinajstić information content (AvgIpc) is 2.51. The van der Waals surface area contributed by atoms with E-state index in [0.29, 0.717) is 0 Å². The van der Waals surface area contributed by atoms with Gasteiger partial charge in [-0.3, -0.25) is 0 Å². The van der Waals surface area contributed by atoms with Crippen molar-refractivity contribution >= 4 is 33.2 Å². The van der Waals surface area contributed by atoms with E-state index >= 15 is 0 Å². The number of thioether (sulfide) groups is 1. The molecule has 0 saturated heterocycles. The first-order valence-electron chi connectivity index (χ1n) is 3.85. The van der Waals surface area contributed by atoms with Crippen molar-refractivity contribution in [3.8, 4) is 0 Å². The maximum Gasteiger partial charge on any atom is 0.0345 e. The Morgan fingerprint density at radius 3 is 3.08 bits per heavy atom. The van der Waals surface area contributed by atoms with Crippen molar-refractivity contribution in [3.05, 3.63) is 35.2 Å². The van der Waals surface area contributed by atoms with Gasteiger partial charge in [0.2, 0.25) is 0 Å². The first-order valence-corrected chi connectivity index (χ1v) is 6.12. The van der Waals surface area contributed by atoms with E-state index in [1.807, 2.05) is 23.1 Å². The monoisotopic (exact) mass is 194 g/mol. The summed E-state index contributed by atoms with van der Waals surface area (Å²) in [5.74, 6) is 1.12. The fourth-order valence-electron chi connectivity index (χ4n) is 1.26. The van der Waals surface area contributed by atoms with Crippen LogP contribution in [0.1, 0.15) is 5.56 Å². The highest BCUT2D eigenvalue weighted by Crippen LogP contribution is 2.23. The lowest BCUT2D eigenvalue weighted by molar-refractivity contribution is 1.45. The minimum atomic E-state index is 1.12. The number of hydrogen-bond donors (Lipinski definition) is 0. The lowest BCUT2D eigenvalue weighted by Gasteiger charge is -1.97.